The first kappa shape index (κ1) is 21.1. The van der Waals surface area contributed by atoms with Gasteiger partial charge in [0.1, 0.15) is 11.9 Å². The number of nitrogens with one attached hydrogen (secondary N) is 1. The molecule has 0 unspecified atom stereocenters. The number of carbonyl (C=O) groups excluding carboxylic acids is 1. The van der Waals surface area contributed by atoms with Crippen LogP contribution >= 0.6 is 0 Å². The molecule has 7 nitrogen and oxygen atoms in total. The Hall–Kier alpha value is -3.19. The lowest BCUT2D eigenvalue weighted by molar-refractivity contribution is 0.0796. The molecule has 0 spiro atoms. The molecule has 31 heavy (non-hydrogen) atoms. The second-order valence-corrected chi connectivity index (χ2v) is 8.02. The molecule has 1 N–H and O–H groups in total. The van der Waals surface area contributed by atoms with Gasteiger partial charge in [0, 0.05) is 51.2 Å². The van der Waals surface area contributed by atoms with Crippen LogP contribution in [0.5, 0.6) is 5.75 Å². The zero-order valence-corrected chi connectivity index (χ0v) is 17.9. The number of rotatable bonds is 8. The van der Waals surface area contributed by atoms with Gasteiger partial charge in [0.25, 0.3) is 5.91 Å². The van der Waals surface area contributed by atoms with Gasteiger partial charge in [0.05, 0.1) is 11.9 Å². The Balaban J connectivity index is 1.22. The molecule has 1 saturated heterocycles. The minimum absolute atomic E-state index is 0.0119. The van der Waals surface area contributed by atoms with Gasteiger partial charge in [-0.25, -0.2) is 0 Å². The van der Waals surface area contributed by atoms with Crippen molar-refractivity contribution in [3.05, 3.63) is 77.9 Å². The molecule has 3 aromatic rings. The van der Waals surface area contributed by atoms with Gasteiger partial charge < -0.3 is 9.64 Å². The van der Waals surface area contributed by atoms with E-state index in [-0.39, 0.29) is 12.0 Å². The molecule has 162 valence electrons. The second-order valence-electron chi connectivity index (χ2n) is 8.02. The van der Waals surface area contributed by atoms with Gasteiger partial charge in [0.2, 0.25) is 0 Å². The van der Waals surface area contributed by atoms with E-state index >= 15 is 0 Å². The second kappa shape index (κ2) is 10.2. The molecule has 1 aliphatic rings. The summed E-state index contributed by atoms with van der Waals surface area (Å²) in [5.41, 5.74) is 2.87. The van der Waals surface area contributed by atoms with E-state index in [9.17, 15) is 4.79 Å². The van der Waals surface area contributed by atoms with Crippen molar-refractivity contribution in [3.63, 3.8) is 0 Å². The number of ether oxygens (including phenoxy) is 1. The number of likely N-dealkylation sites (N-methyl/N-ethyl adjacent to an activating group) is 1. The summed E-state index contributed by atoms with van der Waals surface area (Å²) >= 11 is 0. The van der Waals surface area contributed by atoms with Crippen LogP contribution in [-0.4, -0.2) is 63.7 Å². The van der Waals surface area contributed by atoms with Crippen LogP contribution in [0.15, 0.2) is 61.1 Å². The lowest BCUT2D eigenvalue weighted by atomic mass is 10.1. The van der Waals surface area contributed by atoms with Gasteiger partial charge in [0.15, 0.2) is 0 Å². The smallest absolute Gasteiger partial charge is 0.253 e. The minimum Gasteiger partial charge on any atom is -0.490 e. The standard InChI is InChI=1S/C24H29N5O2/c1-28(13-9-19-16-26-27-17-19)24(30)20-5-7-22(8-6-20)31-23-10-14-29(15-11-23)18-21-4-2-3-12-25-21/h2-8,12,16-17,23H,9-11,13-15,18H2,1H3,(H,26,27). The van der Waals surface area contributed by atoms with E-state index in [1.54, 1.807) is 11.1 Å². The van der Waals surface area contributed by atoms with Crippen LogP contribution in [0.25, 0.3) is 0 Å². The van der Waals surface area contributed by atoms with Gasteiger partial charge in [-0.3, -0.25) is 19.8 Å². The number of hydrogen-bond acceptors (Lipinski definition) is 5. The number of nitrogens with zero attached hydrogens (tertiary/aromatic N) is 4. The first-order valence-corrected chi connectivity index (χ1v) is 10.8. The Bertz CT molecular complexity index is 936. The van der Waals surface area contributed by atoms with E-state index < -0.39 is 0 Å². The third-order valence-electron chi connectivity index (χ3n) is 5.69. The third-order valence-corrected chi connectivity index (χ3v) is 5.69. The number of aromatic nitrogens is 3. The summed E-state index contributed by atoms with van der Waals surface area (Å²) < 4.78 is 6.17. The van der Waals surface area contributed by atoms with Crippen molar-refractivity contribution >= 4 is 5.91 Å². The maximum atomic E-state index is 12.6. The summed E-state index contributed by atoms with van der Waals surface area (Å²) in [6, 6.07) is 13.5. The number of pyridine rings is 1. The first-order chi connectivity index (χ1) is 15.2. The van der Waals surface area contributed by atoms with E-state index in [1.807, 2.05) is 55.8 Å². The van der Waals surface area contributed by atoms with E-state index in [0.29, 0.717) is 12.1 Å². The van der Waals surface area contributed by atoms with Crippen LogP contribution in [0.2, 0.25) is 0 Å². The summed E-state index contributed by atoms with van der Waals surface area (Å²) in [5, 5.41) is 6.73. The number of hydrogen-bond donors (Lipinski definition) is 1. The van der Waals surface area contributed by atoms with Crippen molar-refractivity contribution in [1.29, 1.82) is 0 Å². The first-order valence-electron chi connectivity index (χ1n) is 10.8. The highest BCUT2D eigenvalue weighted by atomic mass is 16.5. The number of carbonyl (C=O) groups is 1. The van der Waals surface area contributed by atoms with E-state index in [1.165, 1.54) is 0 Å². The number of amides is 1. The largest absolute Gasteiger partial charge is 0.490 e. The predicted octanol–water partition coefficient (Wildman–Crippen LogP) is 3.16. The molecule has 2 aromatic heterocycles. The third kappa shape index (κ3) is 5.92. The molecule has 0 saturated carbocycles. The fourth-order valence-corrected chi connectivity index (χ4v) is 3.81. The van der Waals surface area contributed by atoms with Crippen LogP contribution in [0.4, 0.5) is 0 Å². The molecule has 0 bridgehead atoms. The molecule has 7 heteroatoms. The Morgan fingerprint density at radius 1 is 1.19 bits per heavy atom. The number of aromatic amines is 1. The van der Waals surface area contributed by atoms with E-state index in [0.717, 1.165) is 55.9 Å². The lowest BCUT2D eigenvalue weighted by Crippen LogP contribution is -2.37. The highest BCUT2D eigenvalue weighted by Gasteiger charge is 2.21. The van der Waals surface area contributed by atoms with Crippen molar-refractivity contribution in [2.75, 3.05) is 26.7 Å². The normalized spacial score (nSPS) is 15.0. The van der Waals surface area contributed by atoms with Gasteiger partial charge in [-0.2, -0.15) is 5.10 Å². The van der Waals surface area contributed by atoms with Crippen molar-refractivity contribution in [2.45, 2.75) is 31.9 Å². The fraction of sp³-hybridized carbons (Fsp3) is 0.375. The monoisotopic (exact) mass is 419 g/mol. The molecule has 1 amide bonds. The minimum atomic E-state index is 0.0119. The Morgan fingerprint density at radius 3 is 2.68 bits per heavy atom. The molecule has 1 fully saturated rings. The molecular formula is C24H29N5O2. The lowest BCUT2D eigenvalue weighted by Gasteiger charge is -2.31. The zero-order chi connectivity index (χ0) is 21.5. The molecule has 0 atom stereocenters. The topological polar surface area (TPSA) is 74.3 Å². The molecule has 1 aliphatic heterocycles. The molecule has 0 radical (unpaired) electrons. The van der Waals surface area contributed by atoms with Crippen LogP contribution in [0.3, 0.4) is 0 Å². The average molecular weight is 420 g/mol. The van der Waals surface area contributed by atoms with Crippen LogP contribution in [0, 0.1) is 0 Å². The molecular weight excluding hydrogens is 390 g/mol. The van der Waals surface area contributed by atoms with Crippen molar-refractivity contribution in [2.24, 2.45) is 0 Å². The van der Waals surface area contributed by atoms with Crippen LogP contribution < -0.4 is 4.74 Å². The molecule has 4 rings (SSSR count). The maximum Gasteiger partial charge on any atom is 0.253 e. The van der Waals surface area contributed by atoms with Gasteiger partial charge in [-0.05, 0) is 61.2 Å². The quantitative estimate of drug-likeness (QED) is 0.607. The Kier molecular flexibility index (Phi) is 6.94. The van der Waals surface area contributed by atoms with Gasteiger partial charge in [-0.1, -0.05) is 6.07 Å². The predicted molar refractivity (Wildman–Crippen MR) is 119 cm³/mol. The molecule has 3 heterocycles. The van der Waals surface area contributed by atoms with Gasteiger partial charge >= 0.3 is 0 Å². The molecule has 0 aliphatic carbocycles. The SMILES string of the molecule is CN(CCc1cn[nH]c1)C(=O)c1ccc(OC2CCN(Cc3ccccn3)CC2)cc1. The molecule has 1 aromatic carbocycles. The number of H-pyrrole nitrogens is 1. The highest BCUT2D eigenvalue weighted by Crippen LogP contribution is 2.21. The van der Waals surface area contributed by atoms with E-state index in [4.69, 9.17) is 4.74 Å². The summed E-state index contributed by atoms with van der Waals surface area (Å²) in [7, 11) is 1.82. The fourth-order valence-electron chi connectivity index (χ4n) is 3.81. The Labute approximate surface area is 183 Å². The summed E-state index contributed by atoms with van der Waals surface area (Å²) in [5.74, 6) is 0.832. The van der Waals surface area contributed by atoms with E-state index in [2.05, 4.69) is 26.1 Å². The van der Waals surface area contributed by atoms with Crippen molar-refractivity contribution < 1.29 is 9.53 Å². The summed E-state index contributed by atoms with van der Waals surface area (Å²) in [6.45, 7) is 3.53. The summed E-state index contributed by atoms with van der Waals surface area (Å²) in [4.78, 5) is 21.2. The summed E-state index contributed by atoms with van der Waals surface area (Å²) in [6.07, 6.45) is 8.45. The van der Waals surface area contributed by atoms with Gasteiger partial charge in [-0.15, -0.1) is 0 Å². The number of benzene rings is 1. The zero-order valence-electron chi connectivity index (χ0n) is 17.9. The number of piperidine rings is 1. The van der Waals surface area contributed by atoms with Crippen molar-refractivity contribution in [3.8, 4) is 5.75 Å². The van der Waals surface area contributed by atoms with Crippen LogP contribution in [0.1, 0.15) is 34.5 Å². The maximum absolute atomic E-state index is 12.6. The Morgan fingerprint density at radius 2 is 2.00 bits per heavy atom. The van der Waals surface area contributed by atoms with Crippen molar-refractivity contribution in [1.82, 2.24) is 25.0 Å². The number of likely N-dealkylation sites (tertiary alicyclic amines) is 1. The van der Waals surface area contributed by atoms with Crippen LogP contribution in [-0.2, 0) is 13.0 Å². The average Bonchev–Trinajstić information content (AvgIpc) is 3.33. The highest BCUT2D eigenvalue weighted by molar-refractivity contribution is 5.94.